The molecule has 3 nitrogen and oxygen atoms in total. The number of hydrazine groups is 1. The number of quaternary nitrogens is 1. The molecule has 0 aromatic heterocycles. The zero-order valence-corrected chi connectivity index (χ0v) is 14.9. The first-order chi connectivity index (χ1) is 11.6. The van der Waals surface area contributed by atoms with Crippen LogP contribution in [0.4, 0.5) is 0 Å². The molecule has 2 aromatic carbocycles. The highest BCUT2D eigenvalue weighted by Crippen LogP contribution is 2.20. The molecule has 0 unspecified atom stereocenters. The minimum absolute atomic E-state index is 0.735. The fourth-order valence-corrected chi connectivity index (χ4v) is 3.31. The van der Waals surface area contributed by atoms with Crippen molar-refractivity contribution >= 4 is 17.3 Å². The van der Waals surface area contributed by atoms with E-state index in [4.69, 9.17) is 11.6 Å². The van der Waals surface area contributed by atoms with E-state index in [-0.39, 0.29) is 0 Å². The maximum atomic E-state index is 6.24. The summed E-state index contributed by atoms with van der Waals surface area (Å²) in [4.78, 5) is 1.63. The number of rotatable bonds is 5. The molecule has 24 heavy (non-hydrogen) atoms. The van der Waals surface area contributed by atoms with Gasteiger partial charge in [-0.15, -0.1) is 0 Å². The van der Waals surface area contributed by atoms with Crippen LogP contribution in [0.5, 0.6) is 0 Å². The van der Waals surface area contributed by atoms with Gasteiger partial charge in [-0.05, 0) is 13.0 Å². The molecular weight excluding hydrogens is 318 g/mol. The molecule has 0 amide bonds. The Hall–Kier alpha value is -1.81. The highest BCUT2D eigenvalue weighted by atomic mass is 35.5. The number of hydrogen-bond acceptors (Lipinski definition) is 2. The Kier molecular flexibility index (Phi) is 5.56. The molecule has 3 rings (SSSR count). The summed E-state index contributed by atoms with van der Waals surface area (Å²) in [6.07, 6.45) is 0. The molecule has 2 N–H and O–H groups in total. The van der Waals surface area contributed by atoms with Gasteiger partial charge in [0.1, 0.15) is 6.54 Å². The first kappa shape index (κ1) is 17.0. The van der Waals surface area contributed by atoms with Gasteiger partial charge in [-0.3, -0.25) is 0 Å². The van der Waals surface area contributed by atoms with E-state index >= 15 is 0 Å². The van der Waals surface area contributed by atoms with Gasteiger partial charge in [0.05, 0.1) is 31.9 Å². The van der Waals surface area contributed by atoms with E-state index < -0.39 is 0 Å². The van der Waals surface area contributed by atoms with Crippen molar-refractivity contribution in [2.24, 2.45) is 0 Å². The average Bonchev–Trinajstić information content (AvgIpc) is 2.59. The Morgan fingerprint density at radius 1 is 1.12 bits per heavy atom. The summed E-state index contributed by atoms with van der Waals surface area (Å²) in [5.74, 6) is 0. The predicted octanol–water partition coefficient (Wildman–Crippen LogP) is 2.52. The Balaban J connectivity index is 1.49. The van der Waals surface area contributed by atoms with Gasteiger partial charge in [0.2, 0.25) is 0 Å². The fourth-order valence-electron chi connectivity index (χ4n) is 3.06. The van der Waals surface area contributed by atoms with Crippen molar-refractivity contribution in [1.82, 2.24) is 10.4 Å². The van der Waals surface area contributed by atoms with Gasteiger partial charge >= 0.3 is 0 Å². The van der Waals surface area contributed by atoms with Crippen molar-refractivity contribution in [2.75, 3.05) is 26.2 Å². The van der Waals surface area contributed by atoms with Crippen LogP contribution in [-0.2, 0) is 6.54 Å². The van der Waals surface area contributed by atoms with Crippen molar-refractivity contribution in [2.45, 2.75) is 13.5 Å². The maximum Gasteiger partial charge on any atom is 0.103 e. The molecule has 0 saturated carbocycles. The number of nitrogens with zero attached hydrogens (tertiary/aromatic N) is 1. The predicted molar refractivity (Wildman–Crippen MR) is 101 cm³/mol. The van der Waals surface area contributed by atoms with E-state index in [0.29, 0.717) is 0 Å². The molecule has 126 valence electrons. The standard InChI is InChI=1S/C20H24ClN3/c1-16-7-9-18(10-8-16)15-23-11-13-24(14-12-23)22-17(2)19-5-3-4-6-20(19)21/h3-10,22H,2,11-15H2,1H3/p+1. The summed E-state index contributed by atoms with van der Waals surface area (Å²) in [5, 5.41) is 2.98. The van der Waals surface area contributed by atoms with Crippen LogP contribution in [0.15, 0.2) is 55.1 Å². The zero-order valence-electron chi connectivity index (χ0n) is 14.2. The van der Waals surface area contributed by atoms with Gasteiger partial charge in [0.25, 0.3) is 0 Å². The molecule has 2 aromatic rings. The number of aryl methyl sites for hydroxylation is 1. The third-order valence-corrected chi connectivity index (χ3v) is 4.87. The SMILES string of the molecule is C=C(NN1CC[NH+](Cc2ccc(C)cc2)CC1)c1ccccc1Cl. The normalized spacial score (nSPS) is 16.1. The number of piperazine rings is 1. The summed E-state index contributed by atoms with van der Waals surface area (Å²) in [7, 11) is 0. The highest BCUT2D eigenvalue weighted by molar-refractivity contribution is 6.32. The molecule has 1 saturated heterocycles. The third kappa shape index (κ3) is 4.38. The van der Waals surface area contributed by atoms with E-state index in [9.17, 15) is 0 Å². The van der Waals surface area contributed by atoms with Crippen LogP contribution in [0, 0.1) is 6.92 Å². The molecule has 0 radical (unpaired) electrons. The van der Waals surface area contributed by atoms with E-state index in [2.05, 4.69) is 48.2 Å². The molecular formula is C20H25ClN3+. The van der Waals surface area contributed by atoms with Crippen LogP contribution in [0.25, 0.3) is 5.70 Å². The lowest BCUT2D eigenvalue weighted by atomic mass is 10.1. The second-order valence-electron chi connectivity index (χ2n) is 6.47. The summed E-state index contributed by atoms with van der Waals surface area (Å²) >= 11 is 6.24. The van der Waals surface area contributed by atoms with E-state index in [1.54, 1.807) is 4.90 Å². The second kappa shape index (κ2) is 7.84. The Labute approximate surface area is 149 Å². The molecule has 1 fully saturated rings. The van der Waals surface area contributed by atoms with Gasteiger partial charge < -0.3 is 10.3 Å². The van der Waals surface area contributed by atoms with Gasteiger partial charge in [-0.1, -0.05) is 66.2 Å². The molecule has 0 atom stereocenters. The van der Waals surface area contributed by atoms with Gasteiger partial charge in [-0.2, -0.15) is 0 Å². The van der Waals surface area contributed by atoms with E-state index in [0.717, 1.165) is 49.0 Å². The number of hydrogen-bond donors (Lipinski definition) is 2. The topological polar surface area (TPSA) is 19.7 Å². The molecule has 0 aliphatic carbocycles. The first-order valence-electron chi connectivity index (χ1n) is 8.46. The maximum absolute atomic E-state index is 6.24. The highest BCUT2D eigenvalue weighted by Gasteiger charge is 2.20. The van der Waals surface area contributed by atoms with E-state index in [1.807, 2.05) is 24.3 Å². The molecule has 1 heterocycles. The van der Waals surface area contributed by atoms with Crippen LogP contribution < -0.4 is 10.3 Å². The average molecular weight is 343 g/mol. The van der Waals surface area contributed by atoms with Crippen molar-refractivity contribution in [1.29, 1.82) is 0 Å². The van der Waals surface area contributed by atoms with Crippen LogP contribution in [0.3, 0.4) is 0 Å². The Morgan fingerprint density at radius 2 is 1.79 bits per heavy atom. The number of benzene rings is 2. The van der Waals surface area contributed by atoms with Gasteiger partial charge in [0.15, 0.2) is 0 Å². The summed E-state index contributed by atoms with van der Waals surface area (Å²) < 4.78 is 0. The zero-order chi connectivity index (χ0) is 16.9. The van der Waals surface area contributed by atoms with Crippen LogP contribution in [0.1, 0.15) is 16.7 Å². The lowest BCUT2D eigenvalue weighted by Crippen LogP contribution is -3.13. The first-order valence-corrected chi connectivity index (χ1v) is 8.84. The van der Waals surface area contributed by atoms with Crippen molar-refractivity contribution in [3.8, 4) is 0 Å². The molecule has 1 aliphatic heterocycles. The largest absolute Gasteiger partial charge is 0.329 e. The van der Waals surface area contributed by atoms with E-state index in [1.165, 1.54) is 11.1 Å². The molecule has 1 aliphatic rings. The Morgan fingerprint density at radius 3 is 2.46 bits per heavy atom. The number of halogens is 1. The minimum Gasteiger partial charge on any atom is -0.329 e. The van der Waals surface area contributed by atoms with Crippen molar-refractivity contribution in [3.63, 3.8) is 0 Å². The monoisotopic (exact) mass is 342 g/mol. The molecule has 0 bridgehead atoms. The lowest BCUT2D eigenvalue weighted by molar-refractivity contribution is -0.918. The van der Waals surface area contributed by atoms with Crippen molar-refractivity contribution in [3.05, 3.63) is 76.8 Å². The smallest absolute Gasteiger partial charge is 0.103 e. The van der Waals surface area contributed by atoms with Crippen LogP contribution in [0.2, 0.25) is 5.02 Å². The van der Waals surface area contributed by atoms with Gasteiger partial charge in [0, 0.05) is 16.1 Å². The second-order valence-corrected chi connectivity index (χ2v) is 6.88. The summed E-state index contributed by atoms with van der Waals surface area (Å²) in [6, 6.07) is 16.7. The van der Waals surface area contributed by atoms with Crippen LogP contribution >= 0.6 is 11.6 Å². The minimum atomic E-state index is 0.735. The summed E-state index contributed by atoms with van der Waals surface area (Å²) in [6.45, 7) is 11.6. The van der Waals surface area contributed by atoms with Crippen LogP contribution in [-0.4, -0.2) is 31.2 Å². The fraction of sp³-hybridized carbons (Fsp3) is 0.300. The summed E-state index contributed by atoms with van der Waals surface area (Å²) in [5.41, 5.74) is 7.97. The molecule has 0 spiro atoms. The third-order valence-electron chi connectivity index (χ3n) is 4.54. The number of nitrogens with one attached hydrogen (secondary N) is 2. The lowest BCUT2D eigenvalue weighted by Gasteiger charge is -2.33. The quantitative estimate of drug-likeness (QED) is 0.870. The van der Waals surface area contributed by atoms with Gasteiger partial charge in [-0.25, -0.2) is 5.01 Å². The van der Waals surface area contributed by atoms with Crippen molar-refractivity contribution < 1.29 is 4.90 Å². The Bertz CT molecular complexity index is 688. The molecule has 4 heteroatoms.